The van der Waals surface area contributed by atoms with Gasteiger partial charge >= 0.3 is 0 Å². The summed E-state index contributed by atoms with van der Waals surface area (Å²) < 4.78 is 0. The van der Waals surface area contributed by atoms with Gasteiger partial charge in [0, 0.05) is 33.3 Å². The zero-order chi connectivity index (χ0) is 45.6. The van der Waals surface area contributed by atoms with Crippen molar-refractivity contribution in [3.8, 4) is 44.5 Å². The molecule has 12 rings (SSSR count). The summed E-state index contributed by atoms with van der Waals surface area (Å²) in [6, 6.07) is 93.0. The molecule has 0 aliphatic heterocycles. The molecule has 0 bridgehead atoms. The van der Waals surface area contributed by atoms with E-state index in [-0.39, 0.29) is 0 Å². The van der Waals surface area contributed by atoms with Crippen LogP contribution in [0, 0.1) is 13.8 Å². The lowest BCUT2D eigenvalue weighted by atomic mass is 9.87. The molecule has 0 aliphatic carbocycles. The third-order valence-electron chi connectivity index (χ3n) is 13.6. The van der Waals surface area contributed by atoms with Crippen LogP contribution >= 0.6 is 0 Å². The largest absolute Gasteiger partial charge is 0.309 e. The van der Waals surface area contributed by atoms with E-state index in [1.807, 2.05) is 0 Å². The zero-order valence-corrected chi connectivity index (χ0v) is 38.1. The molecule has 0 spiro atoms. The smallest absolute Gasteiger partial charge is 0.0543 e. The maximum atomic E-state index is 2.49. The Hall–Kier alpha value is -8.72. The van der Waals surface area contributed by atoms with Crippen LogP contribution in [0.4, 0.5) is 34.1 Å². The van der Waals surface area contributed by atoms with Crippen LogP contribution in [-0.4, -0.2) is 0 Å². The molecular weight excluding hydrogens is 821 g/mol. The molecule has 0 saturated carbocycles. The lowest BCUT2D eigenvalue weighted by molar-refractivity contribution is 1.29. The van der Waals surface area contributed by atoms with E-state index in [1.165, 1.54) is 88.0 Å². The Bertz CT molecular complexity index is 3470. The Morgan fingerprint density at radius 2 is 0.544 bits per heavy atom. The van der Waals surface area contributed by atoms with E-state index in [2.05, 4.69) is 278 Å². The fourth-order valence-corrected chi connectivity index (χ4v) is 10.4. The number of hydrogen-bond donors (Lipinski definition) is 0. The van der Waals surface area contributed by atoms with Gasteiger partial charge in [-0.3, -0.25) is 0 Å². The maximum absolute atomic E-state index is 2.49. The van der Waals surface area contributed by atoms with Crippen LogP contribution in [0.3, 0.4) is 0 Å². The molecule has 68 heavy (non-hydrogen) atoms. The van der Waals surface area contributed by atoms with Gasteiger partial charge in [-0.1, -0.05) is 194 Å². The second kappa shape index (κ2) is 17.3. The molecular formula is C66H48N2. The van der Waals surface area contributed by atoms with Crippen LogP contribution in [-0.2, 0) is 0 Å². The molecule has 0 N–H and O–H groups in total. The molecule has 12 aromatic carbocycles. The van der Waals surface area contributed by atoms with Crippen molar-refractivity contribution in [3.05, 3.63) is 266 Å². The second-order valence-electron chi connectivity index (χ2n) is 17.8. The molecule has 322 valence electrons. The van der Waals surface area contributed by atoms with Crippen molar-refractivity contribution in [1.29, 1.82) is 0 Å². The van der Waals surface area contributed by atoms with Crippen LogP contribution in [0.2, 0.25) is 0 Å². The highest BCUT2D eigenvalue weighted by Crippen LogP contribution is 2.52. The van der Waals surface area contributed by atoms with Crippen molar-refractivity contribution in [2.75, 3.05) is 9.80 Å². The normalized spacial score (nSPS) is 11.4. The Kier molecular flexibility index (Phi) is 10.3. The van der Waals surface area contributed by atoms with E-state index < -0.39 is 0 Å². The van der Waals surface area contributed by atoms with Gasteiger partial charge in [-0.2, -0.15) is 0 Å². The van der Waals surface area contributed by atoms with Crippen LogP contribution in [0.5, 0.6) is 0 Å². The Labute approximate surface area is 398 Å². The van der Waals surface area contributed by atoms with Crippen molar-refractivity contribution in [1.82, 2.24) is 0 Å². The number of nitrogens with zero attached hydrogens (tertiary/aromatic N) is 2. The quantitative estimate of drug-likeness (QED) is 0.126. The molecule has 2 heteroatoms. The first-order valence-corrected chi connectivity index (χ1v) is 23.5. The van der Waals surface area contributed by atoms with E-state index in [9.17, 15) is 0 Å². The molecule has 0 amide bonds. The number of hydrogen-bond acceptors (Lipinski definition) is 2. The van der Waals surface area contributed by atoms with Gasteiger partial charge in [0.1, 0.15) is 0 Å². The first-order valence-electron chi connectivity index (χ1n) is 23.5. The fourth-order valence-electron chi connectivity index (χ4n) is 10.4. The summed E-state index contributed by atoms with van der Waals surface area (Å²) in [4.78, 5) is 4.97. The lowest BCUT2D eigenvalue weighted by Crippen LogP contribution is -2.13. The summed E-state index contributed by atoms with van der Waals surface area (Å²) in [6.45, 7) is 4.55. The average Bonchev–Trinajstić information content (AvgIpc) is 3.41. The third kappa shape index (κ3) is 7.15. The standard InChI is InChI=1S/C66H48N2/c1-45-41-63(67(53-29-17-7-18-30-53)61-39-33-51(47-21-9-3-10-22-47)43-59(61)49-25-13-5-14-26-49)57-38-36-56-46(2)42-64(58-37-35-55(45)65(57)66(56)58)68(54-31-19-8-20-32-54)62-40-34-52(48-23-11-4-12-24-48)44-60(62)50-27-15-6-16-28-50/h3-44H,1-2H3. The first kappa shape index (κ1) is 40.8. The number of benzene rings is 12. The predicted molar refractivity (Wildman–Crippen MR) is 291 cm³/mol. The van der Waals surface area contributed by atoms with Crippen molar-refractivity contribution in [2.45, 2.75) is 13.8 Å². The highest BCUT2D eigenvalue weighted by atomic mass is 15.2. The van der Waals surface area contributed by atoms with Crippen LogP contribution < -0.4 is 9.80 Å². The minimum Gasteiger partial charge on any atom is -0.309 e. The molecule has 0 heterocycles. The van der Waals surface area contributed by atoms with E-state index in [0.717, 1.165) is 34.1 Å². The molecule has 0 radical (unpaired) electrons. The number of para-hydroxylation sites is 2. The summed E-state index contributed by atoms with van der Waals surface area (Å²) >= 11 is 0. The van der Waals surface area contributed by atoms with E-state index >= 15 is 0 Å². The van der Waals surface area contributed by atoms with Crippen molar-refractivity contribution in [3.63, 3.8) is 0 Å². The van der Waals surface area contributed by atoms with E-state index in [4.69, 9.17) is 0 Å². The Morgan fingerprint density at radius 3 is 0.897 bits per heavy atom. The van der Waals surface area contributed by atoms with Crippen molar-refractivity contribution in [2.24, 2.45) is 0 Å². The van der Waals surface area contributed by atoms with Crippen molar-refractivity contribution < 1.29 is 0 Å². The second-order valence-corrected chi connectivity index (χ2v) is 17.8. The first-order chi connectivity index (χ1) is 33.6. The van der Waals surface area contributed by atoms with Gasteiger partial charge < -0.3 is 9.80 Å². The van der Waals surface area contributed by atoms with Gasteiger partial charge in [-0.15, -0.1) is 0 Å². The molecule has 12 aromatic rings. The van der Waals surface area contributed by atoms with E-state index in [0.29, 0.717) is 0 Å². The molecule has 0 unspecified atom stereocenters. The highest BCUT2D eigenvalue weighted by molar-refractivity contribution is 6.29. The fraction of sp³-hybridized carbons (Fsp3) is 0.0303. The summed E-state index contributed by atoms with van der Waals surface area (Å²) in [5.74, 6) is 0. The lowest BCUT2D eigenvalue weighted by Gasteiger charge is -2.32. The molecule has 0 aromatic heterocycles. The third-order valence-corrected chi connectivity index (χ3v) is 13.6. The van der Waals surface area contributed by atoms with Crippen LogP contribution in [0.25, 0.3) is 76.8 Å². The molecule has 0 aliphatic rings. The summed E-state index contributed by atoms with van der Waals surface area (Å²) in [7, 11) is 0. The zero-order valence-electron chi connectivity index (χ0n) is 38.1. The molecule has 0 atom stereocenters. The van der Waals surface area contributed by atoms with Gasteiger partial charge in [-0.05, 0) is 141 Å². The highest BCUT2D eigenvalue weighted by Gasteiger charge is 2.26. The van der Waals surface area contributed by atoms with Crippen molar-refractivity contribution >= 4 is 66.4 Å². The van der Waals surface area contributed by atoms with Gasteiger partial charge in [0.25, 0.3) is 0 Å². The number of aryl methyl sites for hydroxylation is 2. The van der Waals surface area contributed by atoms with Gasteiger partial charge in [0.15, 0.2) is 0 Å². The van der Waals surface area contributed by atoms with E-state index in [1.54, 1.807) is 0 Å². The molecule has 2 nitrogen and oxygen atoms in total. The molecule has 0 saturated heterocycles. The minimum absolute atomic E-state index is 1.10. The summed E-state index contributed by atoms with van der Waals surface area (Å²) in [5, 5.41) is 7.49. The predicted octanol–water partition coefficient (Wildman–Crippen LogP) is 18.8. The van der Waals surface area contributed by atoms with Crippen LogP contribution in [0.1, 0.15) is 11.1 Å². The molecule has 0 fully saturated rings. The topological polar surface area (TPSA) is 6.48 Å². The monoisotopic (exact) mass is 868 g/mol. The summed E-state index contributed by atoms with van der Waals surface area (Å²) in [6.07, 6.45) is 0. The SMILES string of the molecule is Cc1cc(N(c2ccccc2)c2ccc(-c3ccccc3)cc2-c2ccccc2)c2ccc3c(C)cc(N(c4ccccc4)c4ccc(-c5ccccc5)cc4-c4ccccc4)c4ccc1c2c34. The Morgan fingerprint density at radius 1 is 0.235 bits per heavy atom. The number of rotatable bonds is 10. The van der Waals surface area contributed by atoms with Gasteiger partial charge in [0.2, 0.25) is 0 Å². The van der Waals surface area contributed by atoms with Gasteiger partial charge in [-0.25, -0.2) is 0 Å². The minimum atomic E-state index is 1.10. The summed E-state index contributed by atoms with van der Waals surface area (Å²) in [5.41, 5.74) is 18.6. The average molecular weight is 869 g/mol. The van der Waals surface area contributed by atoms with Crippen LogP contribution in [0.15, 0.2) is 255 Å². The maximum Gasteiger partial charge on any atom is 0.0543 e. The van der Waals surface area contributed by atoms with Gasteiger partial charge in [0.05, 0.1) is 22.7 Å². The Balaban J connectivity index is 1.13. The number of anilines is 6.